The predicted molar refractivity (Wildman–Crippen MR) is 159 cm³/mol. The highest BCUT2D eigenvalue weighted by molar-refractivity contribution is 6.19. The van der Waals surface area contributed by atoms with E-state index in [1.165, 1.54) is 14.2 Å². The van der Waals surface area contributed by atoms with E-state index in [0.717, 1.165) is 32.3 Å². The molecule has 6 rings (SSSR count). The van der Waals surface area contributed by atoms with Crippen molar-refractivity contribution >= 4 is 32.3 Å². The molecule has 6 heteroatoms. The van der Waals surface area contributed by atoms with Crippen molar-refractivity contribution in [2.75, 3.05) is 28.4 Å². The zero-order valence-electron chi connectivity index (χ0n) is 22.6. The molecule has 0 aliphatic heterocycles. The second-order valence-electron chi connectivity index (χ2n) is 9.41. The zero-order chi connectivity index (χ0) is 28.0. The fourth-order valence-corrected chi connectivity index (χ4v) is 5.81. The van der Waals surface area contributed by atoms with Gasteiger partial charge in [-0.05, 0) is 44.5 Å². The lowest BCUT2D eigenvalue weighted by molar-refractivity contribution is 0.356. The normalized spacial score (nSPS) is 11.2. The number of aromatic hydroxyl groups is 2. The molecule has 0 atom stereocenters. The summed E-state index contributed by atoms with van der Waals surface area (Å²) >= 11 is 0. The summed E-state index contributed by atoms with van der Waals surface area (Å²) in [5.74, 6) is 1.62. The number of methoxy groups -OCH3 is 4. The average molecular weight is 533 g/mol. The molecule has 0 fully saturated rings. The molecule has 0 bridgehead atoms. The van der Waals surface area contributed by atoms with Crippen LogP contribution in [0.5, 0.6) is 34.5 Å². The largest absolute Gasteiger partial charge is 0.504 e. The van der Waals surface area contributed by atoms with Crippen LogP contribution in [0.1, 0.15) is 0 Å². The van der Waals surface area contributed by atoms with Gasteiger partial charge in [-0.2, -0.15) is 0 Å². The van der Waals surface area contributed by atoms with E-state index in [4.69, 9.17) is 18.9 Å². The van der Waals surface area contributed by atoms with Crippen molar-refractivity contribution in [3.63, 3.8) is 0 Å². The van der Waals surface area contributed by atoms with Gasteiger partial charge >= 0.3 is 0 Å². The Morgan fingerprint density at radius 3 is 1.05 bits per heavy atom. The van der Waals surface area contributed by atoms with E-state index in [-0.39, 0.29) is 11.5 Å². The summed E-state index contributed by atoms with van der Waals surface area (Å²) in [6, 6.07) is 26.9. The Kier molecular flexibility index (Phi) is 6.23. The van der Waals surface area contributed by atoms with Crippen LogP contribution >= 0.6 is 0 Å². The lowest BCUT2D eigenvalue weighted by Crippen LogP contribution is -2.01. The molecule has 0 spiro atoms. The molecule has 0 heterocycles. The lowest BCUT2D eigenvalue weighted by atomic mass is 9.86. The molecule has 40 heavy (non-hydrogen) atoms. The van der Waals surface area contributed by atoms with Crippen molar-refractivity contribution in [3.8, 4) is 56.8 Å². The number of rotatable bonds is 6. The number of phenols is 2. The molecule has 0 aliphatic carbocycles. The molecule has 6 aromatic rings. The van der Waals surface area contributed by atoms with Gasteiger partial charge in [-0.15, -0.1) is 0 Å². The van der Waals surface area contributed by atoms with E-state index < -0.39 is 0 Å². The maximum atomic E-state index is 11.0. The van der Waals surface area contributed by atoms with Crippen molar-refractivity contribution < 1.29 is 29.2 Å². The van der Waals surface area contributed by atoms with Crippen LogP contribution in [0.15, 0.2) is 84.9 Å². The van der Waals surface area contributed by atoms with Gasteiger partial charge in [-0.1, -0.05) is 72.8 Å². The van der Waals surface area contributed by atoms with Gasteiger partial charge in [-0.25, -0.2) is 0 Å². The maximum Gasteiger partial charge on any atom is 0.169 e. The molecule has 6 aromatic carbocycles. The summed E-state index contributed by atoms with van der Waals surface area (Å²) in [6.07, 6.45) is 0. The Balaban J connectivity index is 1.88. The molecular formula is C34H28O6. The van der Waals surface area contributed by atoms with E-state index in [1.807, 2.05) is 72.8 Å². The number of hydrogen-bond donors (Lipinski definition) is 2. The SMILES string of the molecule is COc1c(O)cc2ccccc2c1-c1c(OC)c(OC)c(-c2c(OC)c(O)cc3ccccc23)c2ccccc12. The quantitative estimate of drug-likeness (QED) is 0.227. The van der Waals surface area contributed by atoms with Crippen LogP contribution < -0.4 is 18.9 Å². The maximum absolute atomic E-state index is 11.0. The molecule has 0 radical (unpaired) electrons. The molecule has 2 N–H and O–H groups in total. The van der Waals surface area contributed by atoms with Crippen molar-refractivity contribution in [1.82, 2.24) is 0 Å². The monoisotopic (exact) mass is 532 g/mol. The Hall–Kier alpha value is -5.10. The van der Waals surface area contributed by atoms with Crippen molar-refractivity contribution in [2.24, 2.45) is 0 Å². The van der Waals surface area contributed by atoms with Gasteiger partial charge in [0.1, 0.15) is 0 Å². The molecular weight excluding hydrogens is 504 g/mol. The molecule has 0 unspecified atom stereocenters. The molecule has 0 saturated heterocycles. The fourth-order valence-electron chi connectivity index (χ4n) is 5.81. The highest BCUT2D eigenvalue weighted by Gasteiger charge is 2.30. The summed E-state index contributed by atoms with van der Waals surface area (Å²) in [7, 11) is 6.26. The van der Waals surface area contributed by atoms with Gasteiger partial charge in [-0.3, -0.25) is 0 Å². The van der Waals surface area contributed by atoms with Crippen LogP contribution in [0.4, 0.5) is 0 Å². The Morgan fingerprint density at radius 1 is 0.400 bits per heavy atom. The third-order valence-electron chi connectivity index (χ3n) is 7.41. The Labute approximate surface area is 231 Å². The highest BCUT2D eigenvalue weighted by atomic mass is 16.5. The van der Waals surface area contributed by atoms with Crippen LogP contribution in [0.25, 0.3) is 54.6 Å². The molecule has 0 aliphatic rings. The number of phenolic OH excluding ortho intramolecular Hbond substituents is 2. The minimum atomic E-state index is 0.0195. The van der Waals surface area contributed by atoms with Crippen LogP contribution in [-0.4, -0.2) is 38.7 Å². The average Bonchev–Trinajstić information content (AvgIpc) is 2.98. The summed E-state index contributed by atoms with van der Waals surface area (Å²) in [5, 5.41) is 27.2. The van der Waals surface area contributed by atoms with Gasteiger partial charge in [0.2, 0.25) is 0 Å². The fraction of sp³-hybridized carbons (Fsp3) is 0.118. The standard InChI is InChI=1S/C34H28O6/c1-37-31-25(35)17-19-11-5-7-13-21(19)27(31)29-23-15-9-10-16-24(23)30(34(40-4)33(29)39-3)28-22-14-8-6-12-20(22)18-26(36)32(28)38-2/h5-18,35-36H,1-4H3. The Morgan fingerprint density at radius 2 is 0.700 bits per heavy atom. The topological polar surface area (TPSA) is 77.4 Å². The van der Waals surface area contributed by atoms with Crippen LogP contribution in [-0.2, 0) is 0 Å². The molecule has 0 amide bonds. The minimum Gasteiger partial charge on any atom is -0.504 e. The Bertz CT molecular complexity index is 1790. The van der Waals surface area contributed by atoms with Gasteiger partial charge in [0.25, 0.3) is 0 Å². The third-order valence-corrected chi connectivity index (χ3v) is 7.41. The number of benzene rings is 6. The number of ether oxygens (including phenoxy) is 4. The lowest BCUT2D eigenvalue weighted by Gasteiger charge is -2.24. The van der Waals surface area contributed by atoms with Crippen molar-refractivity contribution in [1.29, 1.82) is 0 Å². The molecule has 6 nitrogen and oxygen atoms in total. The zero-order valence-corrected chi connectivity index (χ0v) is 22.6. The minimum absolute atomic E-state index is 0.0195. The van der Waals surface area contributed by atoms with Crippen LogP contribution in [0.2, 0.25) is 0 Å². The second-order valence-corrected chi connectivity index (χ2v) is 9.41. The predicted octanol–water partition coefficient (Wildman–Crippen LogP) is 7.93. The molecule has 200 valence electrons. The van der Waals surface area contributed by atoms with E-state index in [2.05, 4.69) is 0 Å². The van der Waals surface area contributed by atoms with Crippen LogP contribution in [0.3, 0.4) is 0 Å². The van der Waals surface area contributed by atoms with Crippen LogP contribution in [0, 0.1) is 0 Å². The number of hydrogen-bond acceptors (Lipinski definition) is 6. The first-order chi connectivity index (χ1) is 19.5. The van der Waals surface area contributed by atoms with Crippen molar-refractivity contribution in [2.45, 2.75) is 0 Å². The summed E-state index contributed by atoms with van der Waals surface area (Å²) in [5.41, 5.74) is 2.80. The van der Waals surface area contributed by atoms with E-state index in [1.54, 1.807) is 26.4 Å². The number of fused-ring (bicyclic) bond motifs is 3. The smallest absolute Gasteiger partial charge is 0.169 e. The molecule has 0 saturated carbocycles. The summed E-state index contributed by atoms with van der Waals surface area (Å²) in [6.45, 7) is 0. The molecule has 0 aromatic heterocycles. The van der Waals surface area contributed by atoms with Gasteiger partial charge in [0.05, 0.1) is 28.4 Å². The van der Waals surface area contributed by atoms with Gasteiger partial charge in [0.15, 0.2) is 34.5 Å². The van der Waals surface area contributed by atoms with E-state index in [0.29, 0.717) is 45.3 Å². The summed E-state index contributed by atoms with van der Waals surface area (Å²) in [4.78, 5) is 0. The third kappa shape index (κ3) is 3.64. The highest BCUT2D eigenvalue weighted by Crippen LogP contribution is 2.57. The van der Waals surface area contributed by atoms with Gasteiger partial charge in [0, 0.05) is 22.3 Å². The van der Waals surface area contributed by atoms with Crippen molar-refractivity contribution in [3.05, 3.63) is 84.9 Å². The first-order valence-corrected chi connectivity index (χ1v) is 12.8. The second kappa shape index (κ2) is 9.89. The van der Waals surface area contributed by atoms with E-state index >= 15 is 0 Å². The van der Waals surface area contributed by atoms with E-state index in [9.17, 15) is 10.2 Å². The summed E-state index contributed by atoms with van der Waals surface area (Å²) < 4.78 is 23.8. The first-order valence-electron chi connectivity index (χ1n) is 12.8. The first kappa shape index (κ1) is 25.2. The van der Waals surface area contributed by atoms with Gasteiger partial charge < -0.3 is 29.2 Å².